The van der Waals surface area contributed by atoms with Crippen molar-refractivity contribution < 1.29 is 4.92 Å². The Kier molecular flexibility index (Phi) is 2.80. The molecular formula is C9H5Cl2N3O2. The smallest absolute Gasteiger partial charge is 0.358 e. The number of benzene rings is 1. The summed E-state index contributed by atoms with van der Waals surface area (Å²) < 4.78 is 1.47. The molecule has 0 aliphatic carbocycles. The molecule has 82 valence electrons. The minimum Gasteiger partial charge on any atom is -0.358 e. The Labute approximate surface area is 100 Å². The lowest BCUT2D eigenvalue weighted by Crippen LogP contribution is -1.91. The van der Waals surface area contributed by atoms with Crippen molar-refractivity contribution in [3.8, 4) is 5.69 Å². The van der Waals surface area contributed by atoms with Crippen molar-refractivity contribution in [2.75, 3.05) is 0 Å². The molecule has 0 saturated heterocycles. The second-order valence-electron chi connectivity index (χ2n) is 2.99. The average molecular weight is 258 g/mol. The van der Waals surface area contributed by atoms with Gasteiger partial charge in [-0.3, -0.25) is 4.57 Å². The van der Waals surface area contributed by atoms with Crippen LogP contribution in [0.3, 0.4) is 0 Å². The van der Waals surface area contributed by atoms with Gasteiger partial charge in [0.05, 0.1) is 10.7 Å². The molecule has 7 heteroatoms. The number of hydrogen-bond acceptors (Lipinski definition) is 3. The van der Waals surface area contributed by atoms with E-state index in [4.69, 9.17) is 23.2 Å². The maximum atomic E-state index is 10.5. The molecule has 0 amide bonds. The lowest BCUT2D eigenvalue weighted by Gasteiger charge is -2.02. The molecule has 1 aromatic heterocycles. The summed E-state index contributed by atoms with van der Waals surface area (Å²) in [4.78, 5) is 13.5. The molecule has 0 saturated carbocycles. The number of nitrogens with zero attached hydrogens (tertiary/aromatic N) is 3. The Morgan fingerprint density at radius 1 is 1.38 bits per heavy atom. The van der Waals surface area contributed by atoms with Gasteiger partial charge in [-0.15, -0.1) is 0 Å². The van der Waals surface area contributed by atoms with Gasteiger partial charge in [0.1, 0.15) is 6.20 Å². The van der Waals surface area contributed by atoms with Crippen molar-refractivity contribution in [2.45, 2.75) is 0 Å². The summed E-state index contributed by atoms with van der Waals surface area (Å²) >= 11 is 11.7. The van der Waals surface area contributed by atoms with E-state index in [-0.39, 0.29) is 5.82 Å². The molecule has 0 bridgehead atoms. The topological polar surface area (TPSA) is 61.0 Å². The number of halogens is 2. The molecule has 0 spiro atoms. The van der Waals surface area contributed by atoms with Crippen LogP contribution in [0, 0.1) is 10.1 Å². The highest BCUT2D eigenvalue weighted by Crippen LogP contribution is 2.25. The second kappa shape index (κ2) is 4.11. The van der Waals surface area contributed by atoms with Crippen LogP contribution in [-0.4, -0.2) is 14.5 Å². The maximum absolute atomic E-state index is 10.5. The van der Waals surface area contributed by atoms with Gasteiger partial charge in [-0.2, -0.15) is 0 Å². The number of hydrogen-bond donors (Lipinski definition) is 0. The summed E-state index contributed by atoms with van der Waals surface area (Å²) in [6.45, 7) is 0. The largest absolute Gasteiger partial charge is 0.381 e. The van der Waals surface area contributed by atoms with Crippen LogP contribution in [0.25, 0.3) is 5.69 Å². The summed E-state index contributed by atoms with van der Waals surface area (Å²) in [5, 5.41) is 11.4. The predicted octanol–water partition coefficient (Wildman–Crippen LogP) is 3.09. The number of aromatic nitrogens is 2. The van der Waals surface area contributed by atoms with Crippen molar-refractivity contribution in [2.24, 2.45) is 0 Å². The first-order valence-corrected chi connectivity index (χ1v) is 4.97. The summed E-state index contributed by atoms with van der Waals surface area (Å²) in [5.41, 5.74) is 0.590. The van der Waals surface area contributed by atoms with E-state index in [0.717, 1.165) is 0 Å². The standard InChI is InChI=1S/C9H5Cl2N3O2/c10-6-1-2-8(7(11)3-6)13-4-9(12-5-13)14(15)16/h1-5H. The van der Waals surface area contributed by atoms with Gasteiger partial charge in [-0.05, 0) is 28.1 Å². The average Bonchev–Trinajstić information content (AvgIpc) is 2.66. The van der Waals surface area contributed by atoms with Gasteiger partial charge in [0.2, 0.25) is 6.33 Å². The molecule has 1 heterocycles. The summed E-state index contributed by atoms with van der Waals surface area (Å²) in [5.74, 6) is -0.231. The van der Waals surface area contributed by atoms with E-state index >= 15 is 0 Å². The van der Waals surface area contributed by atoms with Crippen LogP contribution in [0.5, 0.6) is 0 Å². The van der Waals surface area contributed by atoms with Crippen LogP contribution in [0.2, 0.25) is 10.0 Å². The fraction of sp³-hybridized carbons (Fsp3) is 0. The molecule has 0 N–H and O–H groups in total. The van der Waals surface area contributed by atoms with Crippen molar-refractivity contribution in [3.05, 3.63) is 50.9 Å². The van der Waals surface area contributed by atoms with Gasteiger partial charge < -0.3 is 10.1 Å². The maximum Gasteiger partial charge on any atom is 0.381 e. The van der Waals surface area contributed by atoms with E-state index in [9.17, 15) is 10.1 Å². The Morgan fingerprint density at radius 3 is 2.69 bits per heavy atom. The van der Waals surface area contributed by atoms with E-state index in [1.165, 1.54) is 17.1 Å². The number of imidazole rings is 1. The minimum atomic E-state index is -0.569. The monoisotopic (exact) mass is 257 g/mol. The molecule has 0 radical (unpaired) electrons. The molecule has 1 aromatic carbocycles. The Balaban J connectivity index is 2.46. The fourth-order valence-electron chi connectivity index (χ4n) is 1.23. The third-order valence-electron chi connectivity index (χ3n) is 1.94. The molecule has 0 aliphatic rings. The molecule has 2 rings (SSSR count). The predicted molar refractivity (Wildman–Crippen MR) is 60.2 cm³/mol. The van der Waals surface area contributed by atoms with Crippen molar-refractivity contribution >= 4 is 29.0 Å². The van der Waals surface area contributed by atoms with E-state index in [1.54, 1.807) is 18.2 Å². The minimum absolute atomic E-state index is 0.231. The molecule has 16 heavy (non-hydrogen) atoms. The first-order chi connectivity index (χ1) is 7.58. The molecule has 5 nitrogen and oxygen atoms in total. The lowest BCUT2D eigenvalue weighted by molar-refractivity contribution is -0.389. The fourth-order valence-corrected chi connectivity index (χ4v) is 1.74. The number of nitro groups is 1. The van der Waals surface area contributed by atoms with Crippen LogP contribution >= 0.6 is 23.2 Å². The van der Waals surface area contributed by atoms with Crippen molar-refractivity contribution in [1.29, 1.82) is 0 Å². The highest BCUT2D eigenvalue weighted by molar-refractivity contribution is 6.35. The van der Waals surface area contributed by atoms with Crippen LogP contribution < -0.4 is 0 Å². The molecule has 0 aliphatic heterocycles. The third-order valence-corrected chi connectivity index (χ3v) is 2.48. The first-order valence-electron chi connectivity index (χ1n) is 4.22. The van der Waals surface area contributed by atoms with Gasteiger partial charge in [-0.25, -0.2) is 0 Å². The molecule has 0 unspecified atom stereocenters. The highest BCUT2D eigenvalue weighted by atomic mass is 35.5. The van der Waals surface area contributed by atoms with Crippen LogP contribution in [0.4, 0.5) is 5.82 Å². The SMILES string of the molecule is O=[N+]([O-])c1cn(-c2ccc(Cl)cc2Cl)cn1. The Bertz CT molecular complexity index is 553. The molecule has 2 aromatic rings. The molecule has 0 fully saturated rings. The Morgan fingerprint density at radius 2 is 2.12 bits per heavy atom. The second-order valence-corrected chi connectivity index (χ2v) is 3.84. The first kappa shape index (κ1) is 10.9. The summed E-state index contributed by atoms with van der Waals surface area (Å²) in [6, 6.07) is 4.87. The summed E-state index contributed by atoms with van der Waals surface area (Å²) in [6.07, 6.45) is 2.61. The molecule has 0 atom stereocenters. The van der Waals surface area contributed by atoms with E-state index in [0.29, 0.717) is 15.7 Å². The number of rotatable bonds is 2. The van der Waals surface area contributed by atoms with Gasteiger partial charge in [0.25, 0.3) is 0 Å². The Hall–Kier alpha value is -1.59. The van der Waals surface area contributed by atoms with Gasteiger partial charge >= 0.3 is 5.82 Å². The van der Waals surface area contributed by atoms with Crippen molar-refractivity contribution in [1.82, 2.24) is 9.55 Å². The van der Waals surface area contributed by atoms with Crippen LogP contribution in [0.15, 0.2) is 30.7 Å². The van der Waals surface area contributed by atoms with E-state index in [1.807, 2.05) is 0 Å². The van der Waals surface area contributed by atoms with Gasteiger partial charge in [0.15, 0.2) is 0 Å². The lowest BCUT2D eigenvalue weighted by atomic mass is 10.3. The van der Waals surface area contributed by atoms with Gasteiger partial charge in [-0.1, -0.05) is 23.2 Å². The zero-order valence-corrected chi connectivity index (χ0v) is 9.31. The van der Waals surface area contributed by atoms with E-state index < -0.39 is 4.92 Å². The van der Waals surface area contributed by atoms with E-state index in [2.05, 4.69) is 4.98 Å². The highest BCUT2D eigenvalue weighted by Gasteiger charge is 2.12. The molecular weight excluding hydrogens is 253 g/mol. The zero-order chi connectivity index (χ0) is 11.7. The van der Waals surface area contributed by atoms with Crippen molar-refractivity contribution in [3.63, 3.8) is 0 Å². The van der Waals surface area contributed by atoms with Crippen LogP contribution in [-0.2, 0) is 0 Å². The van der Waals surface area contributed by atoms with Gasteiger partial charge in [0, 0.05) is 5.02 Å². The summed E-state index contributed by atoms with van der Waals surface area (Å²) in [7, 11) is 0. The quantitative estimate of drug-likeness (QED) is 0.614. The zero-order valence-electron chi connectivity index (χ0n) is 7.80. The third kappa shape index (κ3) is 2.00. The van der Waals surface area contributed by atoms with Crippen LogP contribution in [0.1, 0.15) is 0 Å². The normalized spacial score (nSPS) is 10.4.